The highest BCUT2D eigenvalue weighted by atomic mass is 35.5. The molecule has 2 N–H and O–H groups in total. The Morgan fingerprint density at radius 3 is 3.00 bits per heavy atom. The van der Waals surface area contributed by atoms with E-state index in [0.29, 0.717) is 0 Å². The maximum Gasteiger partial charge on any atom is 0.401 e. The maximum absolute atomic E-state index is 11.5. The summed E-state index contributed by atoms with van der Waals surface area (Å²) < 4.78 is 1.36. The number of rotatable bonds is 4. The molecule has 1 aliphatic heterocycles. The first-order valence-corrected chi connectivity index (χ1v) is 8.47. The van der Waals surface area contributed by atoms with Crippen LogP contribution < -0.4 is 5.09 Å². The van der Waals surface area contributed by atoms with Gasteiger partial charge in [0.15, 0.2) is 0 Å². The Hall–Kier alpha value is 0.0400. The summed E-state index contributed by atoms with van der Waals surface area (Å²) in [7, 11) is 0. The second-order valence-corrected chi connectivity index (χ2v) is 8.15. The van der Waals surface area contributed by atoms with Crippen LogP contribution in [0.25, 0.3) is 0 Å². The third-order valence-corrected chi connectivity index (χ3v) is 6.95. The lowest BCUT2D eigenvalue weighted by Gasteiger charge is -2.20. The molecule has 4 nitrogen and oxygen atoms in total. The van der Waals surface area contributed by atoms with Gasteiger partial charge in [-0.05, 0) is 13.3 Å². The smallest absolute Gasteiger partial charge is 0.270 e. The number of alkyl halides is 1. The molecule has 0 aromatic rings. The van der Waals surface area contributed by atoms with Crippen molar-refractivity contribution in [3.63, 3.8) is 0 Å². The third-order valence-electron chi connectivity index (χ3n) is 1.78. The van der Waals surface area contributed by atoms with E-state index in [1.807, 2.05) is 13.8 Å². The summed E-state index contributed by atoms with van der Waals surface area (Å²) in [5.74, 6) is 0.436. The van der Waals surface area contributed by atoms with Crippen LogP contribution in [0.15, 0.2) is 11.9 Å². The largest absolute Gasteiger partial charge is 0.401 e. The lowest BCUT2D eigenvalue weighted by Crippen LogP contribution is -2.26. The van der Waals surface area contributed by atoms with Crippen LogP contribution in [-0.4, -0.2) is 27.1 Å². The second-order valence-electron chi connectivity index (χ2n) is 3.17. The molecule has 1 heterocycles. The molecule has 0 aliphatic carbocycles. The first kappa shape index (κ1) is 13.1. The van der Waals surface area contributed by atoms with Crippen LogP contribution in [0, 0.1) is 0 Å². The summed E-state index contributed by atoms with van der Waals surface area (Å²) in [5.41, 5.74) is 0.799. The van der Waals surface area contributed by atoms with Crippen molar-refractivity contribution in [2.75, 3.05) is 11.6 Å². The van der Waals surface area contributed by atoms with Crippen molar-refractivity contribution in [3.05, 3.63) is 11.9 Å². The van der Waals surface area contributed by atoms with Crippen molar-refractivity contribution < 1.29 is 9.69 Å². The Morgan fingerprint density at radius 2 is 2.47 bits per heavy atom. The minimum absolute atomic E-state index is 0.111. The molecule has 0 radical (unpaired) electrons. The highest BCUT2D eigenvalue weighted by molar-refractivity contribution is 8.59. The van der Waals surface area contributed by atoms with Crippen molar-refractivity contribution in [2.24, 2.45) is 0 Å². The van der Waals surface area contributed by atoms with E-state index < -0.39 is 6.99 Å². The van der Waals surface area contributed by atoms with Gasteiger partial charge in [-0.15, -0.1) is 16.3 Å². The Bertz CT molecular complexity index is 290. The predicted molar refractivity (Wildman–Crippen MR) is 66.3 cm³/mol. The first-order chi connectivity index (χ1) is 7.03. The zero-order valence-electron chi connectivity index (χ0n) is 8.73. The van der Waals surface area contributed by atoms with E-state index in [1.165, 1.54) is 16.1 Å². The fraction of sp³-hybridized carbons (Fsp3) is 0.625. The van der Waals surface area contributed by atoms with Gasteiger partial charge >= 0.3 is 6.99 Å². The van der Waals surface area contributed by atoms with Gasteiger partial charge in [0.2, 0.25) is 0 Å². The Morgan fingerprint density at radius 1 is 1.80 bits per heavy atom. The molecule has 0 saturated heterocycles. The minimum atomic E-state index is -2.60. The number of hydrogen-bond acceptors (Lipinski definition) is 4. The summed E-state index contributed by atoms with van der Waals surface area (Å²) in [4.78, 5) is 21.8. The standard InChI is InChI=1S/C8H15ClN2O2PS/c1-3-4-15-14(13)10-7(2)6-11(14)8(12)5-9/h6,10,13H,3-5H2,1-2H3/q+1. The van der Waals surface area contributed by atoms with E-state index in [2.05, 4.69) is 5.09 Å². The van der Waals surface area contributed by atoms with Crippen molar-refractivity contribution in [1.29, 1.82) is 0 Å². The molecule has 15 heavy (non-hydrogen) atoms. The lowest BCUT2D eigenvalue weighted by molar-refractivity contribution is -0.122. The number of halogens is 1. The highest BCUT2D eigenvalue weighted by Crippen LogP contribution is 2.69. The lowest BCUT2D eigenvalue weighted by atomic mass is 10.5. The van der Waals surface area contributed by atoms with Crippen LogP contribution >= 0.6 is 30.0 Å². The molecule has 0 bridgehead atoms. The molecular formula is C8H15ClN2O2PS+. The molecule has 7 heteroatoms. The van der Waals surface area contributed by atoms with Gasteiger partial charge in [0.1, 0.15) is 5.88 Å². The van der Waals surface area contributed by atoms with Crippen LogP contribution in [0.5, 0.6) is 0 Å². The fourth-order valence-corrected chi connectivity index (χ4v) is 6.06. The minimum Gasteiger partial charge on any atom is -0.270 e. The molecule has 1 aliphatic rings. The van der Waals surface area contributed by atoms with Crippen molar-refractivity contribution in [2.45, 2.75) is 20.3 Å². The SMILES string of the molecule is CCCS[P+]1(O)NC(C)=CN1C(=O)CCl. The van der Waals surface area contributed by atoms with Gasteiger partial charge in [0.05, 0.1) is 23.3 Å². The van der Waals surface area contributed by atoms with E-state index >= 15 is 0 Å². The van der Waals surface area contributed by atoms with Gasteiger partial charge in [0, 0.05) is 5.75 Å². The van der Waals surface area contributed by atoms with Crippen LogP contribution in [-0.2, 0) is 4.79 Å². The second kappa shape index (κ2) is 5.39. The van der Waals surface area contributed by atoms with Crippen molar-refractivity contribution in [1.82, 2.24) is 9.76 Å². The van der Waals surface area contributed by atoms with Gasteiger partial charge in [-0.2, -0.15) is 4.89 Å². The summed E-state index contributed by atoms with van der Waals surface area (Å²) in [6.45, 7) is 1.25. The molecule has 0 aromatic heterocycles. The van der Waals surface area contributed by atoms with Crippen LogP contribution in [0.2, 0.25) is 0 Å². The summed E-state index contributed by atoms with van der Waals surface area (Å²) in [6.07, 6.45) is 2.58. The van der Waals surface area contributed by atoms with Crippen LogP contribution in [0.1, 0.15) is 20.3 Å². The van der Waals surface area contributed by atoms with Gasteiger partial charge in [0.25, 0.3) is 5.91 Å². The average molecular weight is 270 g/mol. The van der Waals surface area contributed by atoms with E-state index in [1.54, 1.807) is 6.20 Å². The van der Waals surface area contributed by atoms with E-state index in [-0.39, 0.29) is 11.8 Å². The molecule has 1 amide bonds. The Kier molecular flexibility index (Phi) is 4.71. The zero-order valence-corrected chi connectivity index (χ0v) is 11.2. The Labute approximate surface area is 99.3 Å². The van der Waals surface area contributed by atoms with Gasteiger partial charge in [-0.3, -0.25) is 4.79 Å². The molecule has 1 rings (SSSR count). The summed E-state index contributed by atoms with van der Waals surface area (Å²) >= 11 is 6.88. The number of carbonyl (C=O) groups is 1. The first-order valence-electron chi connectivity index (χ1n) is 4.65. The maximum atomic E-state index is 11.5. The molecule has 0 saturated carbocycles. The van der Waals surface area contributed by atoms with Crippen LogP contribution in [0.4, 0.5) is 0 Å². The number of allylic oxidation sites excluding steroid dienone is 1. The summed E-state index contributed by atoms with van der Waals surface area (Å²) in [5, 5.41) is 2.97. The van der Waals surface area contributed by atoms with E-state index in [4.69, 9.17) is 11.6 Å². The van der Waals surface area contributed by atoms with Crippen molar-refractivity contribution >= 4 is 35.9 Å². The predicted octanol–water partition coefficient (Wildman–Crippen LogP) is 2.33. The fourth-order valence-electron chi connectivity index (χ4n) is 1.17. The molecular weight excluding hydrogens is 255 g/mol. The molecule has 86 valence electrons. The van der Waals surface area contributed by atoms with E-state index in [0.717, 1.165) is 17.9 Å². The molecule has 0 aromatic carbocycles. The molecule has 0 fully saturated rings. The monoisotopic (exact) mass is 269 g/mol. The highest BCUT2D eigenvalue weighted by Gasteiger charge is 2.51. The zero-order chi connectivity index (χ0) is 11.5. The normalized spacial score (nSPS) is 25.1. The van der Waals surface area contributed by atoms with Gasteiger partial charge < -0.3 is 0 Å². The topological polar surface area (TPSA) is 52.6 Å². The number of hydrogen-bond donors (Lipinski definition) is 2. The number of nitrogens with zero attached hydrogens (tertiary/aromatic N) is 1. The number of amides is 1. The molecule has 1 atom stereocenters. The number of nitrogens with one attached hydrogen (secondary N) is 1. The van der Waals surface area contributed by atoms with E-state index in [9.17, 15) is 9.69 Å². The summed E-state index contributed by atoms with van der Waals surface area (Å²) in [6, 6.07) is 0. The van der Waals surface area contributed by atoms with Crippen molar-refractivity contribution in [3.8, 4) is 0 Å². The Balaban J connectivity index is 2.76. The quantitative estimate of drug-likeness (QED) is 0.608. The van der Waals surface area contributed by atoms with Gasteiger partial charge in [-0.1, -0.05) is 6.92 Å². The van der Waals surface area contributed by atoms with Gasteiger partial charge in [-0.25, -0.2) is 5.09 Å². The molecule has 1 unspecified atom stereocenters. The molecule has 0 spiro atoms. The van der Waals surface area contributed by atoms with Crippen LogP contribution in [0.3, 0.4) is 0 Å². The number of carbonyl (C=O) groups excluding carboxylic acids is 1. The third kappa shape index (κ3) is 3.00. The average Bonchev–Trinajstić information content (AvgIpc) is 2.50.